The Bertz CT molecular complexity index is 1360. The summed E-state index contributed by atoms with van der Waals surface area (Å²) in [6.07, 6.45) is 0.526. The molecule has 0 aliphatic heterocycles. The van der Waals surface area contributed by atoms with Crippen LogP contribution in [0.25, 0.3) is 22.1 Å². The second-order valence-corrected chi connectivity index (χ2v) is 11.1. The van der Waals surface area contributed by atoms with Gasteiger partial charge in [0.25, 0.3) is 0 Å². The molecule has 0 radical (unpaired) electrons. The zero-order valence-electron chi connectivity index (χ0n) is 23.9. The van der Waals surface area contributed by atoms with Gasteiger partial charge in [-0.15, -0.1) is 0 Å². The van der Waals surface area contributed by atoms with E-state index in [1.807, 2.05) is 102 Å². The molecule has 210 valence electrons. The van der Waals surface area contributed by atoms with Crippen molar-refractivity contribution in [2.75, 3.05) is 13.1 Å². The van der Waals surface area contributed by atoms with Gasteiger partial charge in [-0.05, 0) is 65.8 Å². The van der Waals surface area contributed by atoms with Crippen LogP contribution in [0.1, 0.15) is 53.2 Å². The van der Waals surface area contributed by atoms with Gasteiger partial charge >= 0.3 is 12.2 Å². The molecule has 2 aromatic carbocycles. The number of aromatic nitrogens is 4. The molecule has 39 heavy (non-hydrogen) atoms. The first-order valence-electron chi connectivity index (χ1n) is 13.1. The number of para-hydroxylation sites is 4. The van der Waals surface area contributed by atoms with Crippen molar-refractivity contribution in [1.29, 1.82) is 0 Å². The van der Waals surface area contributed by atoms with Gasteiger partial charge in [-0.2, -0.15) is 0 Å². The number of ether oxygens (including phenoxy) is 2. The predicted molar refractivity (Wildman–Crippen MR) is 153 cm³/mol. The lowest BCUT2D eigenvalue weighted by molar-refractivity contribution is 0.0516. The highest BCUT2D eigenvalue weighted by Gasteiger charge is 2.17. The molecule has 10 heteroatoms. The minimum absolute atomic E-state index is 0.392. The average Bonchev–Trinajstić information content (AvgIpc) is 3.38. The first-order chi connectivity index (χ1) is 18.3. The monoisotopic (exact) mass is 536 g/mol. The zero-order valence-corrected chi connectivity index (χ0v) is 23.9. The Labute approximate surface area is 229 Å². The van der Waals surface area contributed by atoms with Crippen LogP contribution < -0.4 is 10.6 Å². The van der Waals surface area contributed by atoms with Gasteiger partial charge in [-0.1, -0.05) is 24.3 Å². The summed E-state index contributed by atoms with van der Waals surface area (Å²) in [4.78, 5) is 35.2. The molecule has 0 aliphatic carbocycles. The Morgan fingerprint density at radius 3 is 1.90 bits per heavy atom. The number of aryl methyl sites for hydroxylation is 1. The summed E-state index contributed by atoms with van der Waals surface area (Å²) < 4.78 is 12.4. The van der Waals surface area contributed by atoms with Gasteiger partial charge in [-0.3, -0.25) is 0 Å². The summed E-state index contributed by atoms with van der Waals surface area (Å²) in [7, 11) is 1.98. The highest BCUT2D eigenvalue weighted by molar-refractivity contribution is 5.76. The Kier molecular flexibility index (Phi) is 9.56. The van der Waals surface area contributed by atoms with Crippen LogP contribution in [0.15, 0.2) is 48.5 Å². The van der Waals surface area contributed by atoms with Crippen LogP contribution >= 0.6 is 0 Å². The minimum Gasteiger partial charge on any atom is -0.444 e. The molecule has 0 unspecified atom stereocenters. The molecule has 2 aromatic heterocycles. The van der Waals surface area contributed by atoms with Gasteiger partial charge in [0.05, 0.1) is 22.1 Å². The van der Waals surface area contributed by atoms with Crippen molar-refractivity contribution in [1.82, 2.24) is 30.2 Å². The normalized spacial score (nSPS) is 11.6. The smallest absolute Gasteiger partial charge is 0.407 e. The van der Waals surface area contributed by atoms with Crippen molar-refractivity contribution < 1.29 is 19.1 Å². The largest absolute Gasteiger partial charge is 0.444 e. The lowest BCUT2D eigenvalue weighted by Crippen LogP contribution is -2.33. The number of nitrogens with one attached hydrogen (secondary N) is 3. The Morgan fingerprint density at radius 2 is 1.33 bits per heavy atom. The molecule has 3 N–H and O–H groups in total. The van der Waals surface area contributed by atoms with Crippen molar-refractivity contribution in [2.45, 2.75) is 65.6 Å². The Morgan fingerprint density at radius 1 is 0.795 bits per heavy atom. The summed E-state index contributed by atoms with van der Waals surface area (Å²) in [5, 5.41) is 5.46. The van der Waals surface area contributed by atoms with E-state index in [2.05, 4.69) is 25.6 Å². The lowest BCUT2D eigenvalue weighted by Gasteiger charge is -2.19. The third kappa shape index (κ3) is 9.63. The molecule has 0 atom stereocenters. The molecule has 0 saturated carbocycles. The molecule has 10 nitrogen and oxygen atoms in total. The standard InChI is InChI=1S/C15H21N3O2.C14H19N3O2/c1-15(2,3)20-14(19)16-10-9-13-17-11-7-5-6-8-12(11)18(13)4;1-14(2,3)19-13(18)15-9-8-12-16-10-6-4-5-7-11(10)17-12/h5-8H,9-10H2,1-4H3,(H,16,19);4-7H,8-9H2,1-3H3,(H,15,18)(H,16,17). The SMILES string of the molecule is CC(C)(C)OC(=O)NCCc1nc2ccccc2[nH]1.Cn1c(CCNC(=O)OC(C)(C)C)nc2ccccc21. The Hall–Kier alpha value is -4.08. The maximum absolute atomic E-state index is 11.5. The molecule has 0 aliphatic rings. The van der Waals surface area contributed by atoms with Gasteiger partial charge in [0.15, 0.2) is 0 Å². The van der Waals surface area contributed by atoms with E-state index in [0.717, 1.165) is 33.7 Å². The summed E-state index contributed by atoms with van der Waals surface area (Å²) in [5.41, 5.74) is 3.08. The maximum atomic E-state index is 11.5. The summed E-state index contributed by atoms with van der Waals surface area (Å²) >= 11 is 0. The summed E-state index contributed by atoms with van der Waals surface area (Å²) in [6, 6.07) is 15.8. The number of H-pyrrole nitrogens is 1. The van der Waals surface area contributed by atoms with E-state index in [1.54, 1.807) is 0 Å². The van der Waals surface area contributed by atoms with E-state index in [0.29, 0.717) is 25.9 Å². The third-order valence-electron chi connectivity index (χ3n) is 5.37. The number of amides is 2. The van der Waals surface area contributed by atoms with Crippen LogP contribution in [0.5, 0.6) is 0 Å². The van der Waals surface area contributed by atoms with Gasteiger partial charge in [0.1, 0.15) is 22.9 Å². The fraction of sp³-hybridized carbons (Fsp3) is 0.448. The topological polar surface area (TPSA) is 123 Å². The highest BCUT2D eigenvalue weighted by Crippen LogP contribution is 2.14. The predicted octanol–water partition coefficient (Wildman–Crippen LogP) is 5.27. The molecule has 0 saturated heterocycles. The van der Waals surface area contributed by atoms with E-state index in [-0.39, 0.29) is 0 Å². The molecular formula is C29H40N6O4. The number of hydrogen-bond donors (Lipinski definition) is 3. The van der Waals surface area contributed by atoms with E-state index in [9.17, 15) is 9.59 Å². The molecular weight excluding hydrogens is 496 g/mol. The number of aromatic amines is 1. The number of benzene rings is 2. The number of alkyl carbamates (subject to hydrolysis) is 2. The summed E-state index contributed by atoms with van der Waals surface area (Å²) in [5.74, 6) is 1.81. The second-order valence-electron chi connectivity index (χ2n) is 11.1. The van der Waals surface area contributed by atoms with Crippen molar-refractivity contribution in [3.8, 4) is 0 Å². The molecule has 4 aromatic rings. The highest BCUT2D eigenvalue weighted by atomic mass is 16.6. The van der Waals surface area contributed by atoms with Crippen molar-refractivity contribution in [3.63, 3.8) is 0 Å². The number of rotatable bonds is 6. The average molecular weight is 537 g/mol. The van der Waals surface area contributed by atoms with Crippen molar-refractivity contribution in [3.05, 3.63) is 60.2 Å². The van der Waals surface area contributed by atoms with Gasteiger partial charge < -0.3 is 29.7 Å². The fourth-order valence-electron chi connectivity index (χ4n) is 3.73. The van der Waals surface area contributed by atoms with Gasteiger partial charge in [-0.25, -0.2) is 19.6 Å². The first kappa shape index (κ1) is 29.5. The van der Waals surface area contributed by atoms with Gasteiger partial charge in [0, 0.05) is 33.0 Å². The molecule has 2 heterocycles. The number of fused-ring (bicyclic) bond motifs is 2. The van der Waals surface area contributed by atoms with E-state index < -0.39 is 23.4 Å². The van der Waals surface area contributed by atoms with Crippen molar-refractivity contribution in [2.24, 2.45) is 7.05 Å². The van der Waals surface area contributed by atoms with E-state index >= 15 is 0 Å². The van der Waals surface area contributed by atoms with Crippen LogP contribution in [-0.4, -0.2) is 56.0 Å². The fourth-order valence-corrected chi connectivity index (χ4v) is 3.73. The van der Waals surface area contributed by atoms with Crippen molar-refractivity contribution >= 4 is 34.3 Å². The number of carbonyl (C=O) groups is 2. The molecule has 0 spiro atoms. The van der Waals surface area contributed by atoms with Crippen LogP contribution in [0, 0.1) is 0 Å². The Balaban J connectivity index is 0.000000216. The first-order valence-corrected chi connectivity index (χ1v) is 13.1. The zero-order chi connectivity index (χ0) is 28.6. The van der Waals surface area contributed by atoms with Crippen LogP contribution in [-0.2, 0) is 29.4 Å². The molecule has 2 amide bonds. The summed E-state index contributed by atoms with van der Waals surface area (Å²) in [6.45, 7) is 12.1. The van der Waals surface area contributed by atoms with Gasteiger partial charge in [0.2, 0.25) is 0 Å². The number of imidazole rings is 2. The second kappa shape index (κ2) is 12.6. The van der Waals surface area contributed by atoms with Crippen LogP contribution in [0.4, 0.5) is 9.59 Å². The van der Waals surface area contributed by atoms with E-state index in [1.165, 1.54) is 0 Å². The minimum atomic E-state index is -0.470. The molecule has 4 rings (SSSR count). The molecule has 0 bridgehead atoms. The maximum Gasteiger partial charge on any atom is 0.407 e. The van der Waals surface area contributed by atoms with Crippen LogP contribution in [0.2, 0.25) is 0 Å². The van der Waals surface area contributed by atoms with Crippen LogP contribution in [0.3, 0.4) is 0 Å². The third-order valence-corrected chi connectivity index (χ3v) is 5.37. The lowest BCUT2D eigenvalue weighted by atomic mass is 10.2. The quantitative estimate of drug-likeness (QED) is 0.308. The molecule has 0 fully saturated rings. The number of carbonyl (C=O) groups excluding carboxylic acids is 2. The number of hydrogen-bond acceptors (Lipinski definition) is 6. The number of nitrogens with zero attached hydrogens (tertiary/aromatic N) is 3. The van der Waals surface area contributed by atoms with E-state index in [4.69, 9.17) is 9.47 Å².